The lowest BCUT2D eigenvalue weighted by molar-refractivity contribution is -0.159. The first kappa shape index (κ1) is 16.0. The maximum atomic E-state index is 12.1. The van der Waals surface area contributed by atoms with Crippen LogP contribution in [-0.2, 0) is 14.3 Å². The molecule has 5 heteroatoms. The monoisotopic (exact) mass is 270 g/mol. The second-order valence-electron chi connectivity index (χ2n) is 6.16. The minimum absolute atomic E-state index is 0.00377. The van der Waals surface area contributed by atoms with E-state index < -0.39 is 11.6 Å². The summed E-state index contributed by atoms with van der Waals surface area (Å²) < 4.78 is 5.25. The SMILES string of the molecule is CC(C)(C)OC(=O)CN1CCCCCCC(N)C1=O. The fourth-order valence-corrected chi connectivity index (χ4v) is 2.18. The van der Waals surface area contributed by atoms with Gasteiger partial charge in [0.1, 0.15) is 12.1 Å². The molecule has 1 aliphatic rings. The summed E-state index contributed by atoms with van der Waals surface area (Å²) in [6.07, 6.45) is 4.77. The van der Waals surface area contributed by atoms with E-state index >= 15 is 0 Å². The van der Waals surface area contributed by atoms with Gasteiger partial charge in [0.25, 0.3) is 0 Å². The number of esters is 1. The molecule has 110 valence electrons. The summed E-state index contributed by atoms with van der Waals surface area (Å²) in [7, 11) is 0. The van der Waals surface area contributed by atoms with Crippen LogP contribution >= 0.6 is 0 Å². The smallest absolute Gasteiger partial charge is 0.326 e. The van der Waals surface area contributed by atoms with E-state index in [0.29, 0.717) is 13.0 Å². The van der Waals surface area contributed by atoms with Crippen LogP contribution in [0.4, 0.5) is 0 Å². The van der Waals surface area contributed by atoms with Crippen molar-refractivity contribution in [3.8, 4) is 0 Å². The van der Waals surface area contributed by atoms with Crippen molar-refractivity contribution in [2.75, 3.05) is 13.1 Å². The Labute approximate surface area is 115 Å². The molecule has 5 nitrogen and oxygen atoms in total. The number of nitrogens with two attached hydrogens (primary N) is 1. The Morgan fingerprint density at radius 3 is 2.58 bits per heavy atom. The molecule has 0 spiro atoms. The van der Waals surface area contributed by atoms with Crippen molar-refractivity contribution in [2.45, 2.75) is 64.5 Å². The highest BCUT2D eigenvalue weighted by Gasteiger charge is 2.25. The first-order valence-electron chi connectivity index (χ1n) is 7.06. The first-order valence-corrected chi connectivity index (χ1v) is 7.06. The third kappa shape index (κ3) is 6.05. The van der Waals surface area contributed by atoms with Crippen molar-refractivity contribution in [1.82, 2.24) is 4.90 Å². The topological polar surface area (TPSA) is 72.6 Å². The molecule has 19 heavy (non-hydrogen) atoms. The summed E-state index contributed by atoms with van der Waals surface area (Å²) >= 11 is 0. The summed E-state index contributed by atoms with van der Waals surface area (Å²) in [6.45, 7) is 6.04. The van der Waals surface area contributed by atoms with Crippen LogP contribution < -0.4 is 5.73 Å². The number of ether oxygens (including phenoxy) is 1. The van der Waals surface area contributed by atoms with Crippen molar-refractivity contribution < 1.29 is 14.3 Å². The lowest BCUT2D eigenvalue weighted by Gasteiger charge is -2.26. The van der Waals surface area contributed by atoms with Crippen molar-refractivity contribution in [1.29, 1.82) is 0 Å². The van der Waals surface area contributed by atoms with Crippen LogP contribution in [0.2, 0.25) is 0 Å². The molecule has 1 aliphatic heterocycles. The molecule has 1 amide bonds. The van der Waals surface area contributed by atoms with Crippen LogP contribution in [0.25, 0.3) is 0 Å². The van der Waals surface area contributed by atoms with Crippen LogP contribution in [0.3, 0.4) is 0 Å². The molecule has 1 rings (SSSR count). The van der Waals surface area contributed by atoms with Crippen LogP contribution in [0, 0.1) is 0 Å². The molecule has 0 bridgehead atoms. The van der Waals surface area contributed by atoms with E-state index in [1.165, 1.54) is 0 Å². The number of carbonyl (C=O) groups is 2. The number of nitrogens with zero attached hydrogens (tertiary/aromatic N) is 1. The van der Waals surface area contributed by atoms with Gasteiger partial charge in [0.15, 0.2) is 0 Å². The van der Waals surface area contributed by atoms with Gasteiger partial charge in [-0.2, -0.15) is 0 Å². The van der Waals surface area contributed by atoms with Gasteiger partial charge in [0, 0.05) is 6.54 Å². The zero-order valence-corrected chi connectivity index (χ0v) is 12.3. The van der Waals surface area contributed by atoms with E-state index in [1.807, 2.05) is 20.8 Å². The van der Waals surface area contributed by atoms with Gasteiger partial charge in [-0.3, -0.25) is 9.59 Å². The molecule has 0 saturated carbocycles. The summed E-state index contributed by atoms with van der Waals surface area (Å²) in [5.74, 6) is -0.500. The average Bonchev–Trinajstić information content (AvgIpc) is 2.33. The second-order valence-corrected chi connectivity index (χ2v) is 6.16. The molecule has 0 aromatic rings. The van der Waals surface area contributed by atoms with Crippen molar-refractivity contribution in [2.24, 2.45) is 5.73 Å². The van der Waals surface area contributed by atoms with E-state index in [4.69, 9.17) is 10.5 Å². The standard InChI is InChI=1S/C14H26N2O3/c1-14(2,3)19-12(17)10-16-9-7-5-4-6-8-11(15)13(16)18/h11H,4-10,15H2,1-3H3. The predicted octanol–water partition coefficient (Wildman–Crippen LogP) is 1.45. The first-order chi connectivity index (χ1) is 8.79. The molecule has 1 unspecified atom stereocenters. The Morgan fingerprint density at radius 1 is 1.32 bits per heavy atom. The van der Waals surface area contributed by atoms with Crippen LogP contribution in [0.1, 0.15) is 52.9 Å². The minimum Gasteiger partial charge on any atom is -0.459 e. The minimum atomic E-state index is -0.526. The largest absolute Gasteiger partial charge is 0.459 e. The second kappa shape index (κ2) is 6.89. The molecule has 0 aromatic carbocycles. The summed E-state index contributed by atoms with van der Waals surface area (Å²) in [6, 6.07) is -0.486. The van der Waals surface area contributed by atoms with Gasteiger partial charge in [-0.15, -0.1) is 0 Å². The quantitative estimate of drug-likeness (QED) is 0.771. The Morgan fingerprint density at radius 2 is 1.95 bits per heavy atom. The van der Waals surface area contributed by atoms with Crippen molar-refractivity contribution in [3.63, 3.8) is 0 Å². The van der Waals surface area contributed by atoms with E-state index in [2.05, 4.69) is 0 Å². The Balaban J connectivity index is 2.61. The highest BCUT2D eigenvalue weighted by Crippen LogP contribution is 2.13. The van der Waals surface area contributed by atoms with E-state index in [9.17, 15) is 9.59 Å². The third-order valence-electron chi connectivity index (χ3n) is 3.06. The number of rotatable bonds is 2. The maximum absolute atomic E-state index is 12.1. The molecule has 0 aliphatic carbocycles. The molecule has 1 fully saturated rings. The molecular formula is C14H26N2O3. The summed E-state index contributed by atoms with van der Waals surface area (Å²) in [5, 5.41) is 0. The van der Waals surface area contributed by atoms with Crippen molar-refractivity contribution in [3.05, 3.63) is 0 Å². The zero-order valence-electron chi connectivity index (χ0n) is 12.3. The molecular weight excluding hydrogens is 244 g/mol. The van der Waals surface area contributed by atoms with Crippen LogP contribution in [0.15, 0.2) is 0 Å². The average molecular weight is 270 g/mol. The van der Waals surface area contributed by atoms with E-state index in [1.54, 1.807) is 4.90 Å². The Kier molecular flexibility index (Phi) is 5.79. The number of amides is 1. The lowest BCUT2D eigenvalue weighted by Crippen LogP contribution is -2.46. The highest BCUT2D eigenvalue weighted by atomic mass is 16.6. The van der Waals surface area contributed by atoms with Gasteiger partial charge in [-0.25, -0.2) is 0 Å². The number of hydrogen-bond donors (Lipinski definition) is 1. The fourth-order valence-electron chi connectivity index (χ4n) is 2.18. The lowest BCUT2D eigenvalue weighted by atomic mass is 10.1. The van der Waals surface area contributed by atoms with Gasteiger partial charge < -0.3 is 15.4 Å². The number of carbonyl (C=O) groups excluding carboxylic acids is 2. The number of hydrogen-bond acceptors (Lipinski definition) is 4. The Bertz CT molecular complexity index is 323. The predicted molar refractivity (Wildman–Crippen MR) is 73.5 cm³/mol. The molecule has 1 atom stereocenters. The van der Waals surface area contributed by atoms with Crippen LogP contribution in [-0.4, -0.2) is 41.5 Å². The van der Waals surface area contributed by atoms with Gasteiger partial charge >= 0.3 is 5.97 Å². The molecule has 2 N–H and O–H groups in total. The highest BCUT2D eigenvalue weighted by molar-refractivity contribution is 5.85. The van der Waals surface area contributed by atoms with E-state index in [0.717, 1.165) is 25.7 Å². The van der Waals surface area contributed by atoms with Gasteiger partial charge in [0.05, 0.1) is 6.04 Å². The van der Waals surface area contributed by atoms with E-state index in [-0.39, 0.29) is 18.4 Å². The van der Waals surface area contributed by atoms with Gasteiger partial charge in [-0.1, -0.05) is 19.3 Å². The van der Waals surface area contributed by atoms with Crippen LogP contribution in [0.5, 0.6) is 0 Å². The molecule has 0 aromatic heterocycles. The Hall–Kier alpha value is -1.10. The summed E-state index contributed by atoms with van der Waals surface area (Å²) in [5.41, 5.74) is 5.34. The van der Waals surface area contributed by atoms with Gasteiger partial charge in [0.2, 0.25) is 5.91 Å². The van der Waals surface area contributed by atoms with Gasteiger partial charge in [-0.05, 0) is 33.6 Å². The van der Waals surface area contributed by atoms with Crippen molar-refractivity contribution >= 4 is 11.9 Å². The molecule has 1 saturated heterocycles. The fraction of sp³-hybridized carbons (Fsp3) is 0.857. The summed E-state index contributed by atoms with van der Waals surface area (Å²) in [4.78, 5) is 25.5. The normalized spacial score (nSPS) is 22.4. The third-order valence-corrected chi connectivity index (χ3v) is 3.06. The zero-order chi connectivity index (χ0) is 14.5. The molecule has 1 heterocycles. The maximum Gasteiger partial charge on any atom is 0.326 e. The molecule has 0 radical (unpaired) electrons.